The van der Waals surface area contributed by atoms with Crippen LogP contribution >= 0.6 is 0 Å². The van der Waals surface area contributed by atoms with Gasteiger partial charge in [-0.1, -0.05) is 38.5 Å². The average Bonchev–Trinajstić information content (AvgIpc) is 2.98. The SMILES string of the molecule is CCC(C)Cc1cnn2c(N(C)c3ccccc3)ncnc12. The maximum atomic E-state index is 4.50. The van der Waals surface area contributed by atoms with E-state index < -0.39 is 0 Å². The molecule has 1 aromatic carbocycles. The van der Waals surface area contributed by atoms with Crippen molar-refractivity contribution in [2.24, 2.45) is 5.92 Å². The Labute approximate surface area is 130 Å². The van der Waals surface area contributed by atoms with E-state index in [1.165, 1.54) is 5.56 Å². The molecule has 0 amide bonds. The van der Waals surface area contributed by atoms with Gasteiger partial charge >= 0.3 is 0 Å². The standard InChI is InChI=1S/C17H21N5/c1-4-13(2)10-14-11-20-22-16(14)18-12-19-17(22)21(3)15-8-6-5-7-9-15/h5-9,11-13H,4,10H2,1-3H3. The van der Waals surface area contributed by atoms with Crippen molar-refractivity contribution in [3.63, 3.8) is 0 Å². The fraction of sp³-hybridized carbons (Fsp3) is 0.353. The Bertz CT molecular complexity index is 750. The molecule has 2 aromatic heterocycles. The predicted molar refractivity (Wildman–Crippen MR) is 88.4 cm³/mol. The molecule has 0 N–H and O–H groups in total. The van der Waals surface area contributed by atoms with Crippen LogP contribution in [0.15, 0.2) is 42.9 Å². The number of rotatable bonds is 5. The fourth-order valence-electron chi connectivity index (χ4n) is 2.51. The van der Waals surface area contributed by atoms with E-state index in [-0.39, 0.29) is 0 Å². The lowest BCUT2D eigenvalue weighted by Gasteiger charge is -2.18. The Hall–Kier alpha value is -2.43. The molecule has 1 atom stereocenters. The van der Waals surface area contributed by atoms with Crippen LogP contribution < -0.4 is 4.90 Å². The zero-order valence-corrected chi connectivity index (χ0v) is 13.3. The molecule has 0 saturated heterocycles. The number of hydrogen-bond donors (Lipinski definition) is 0. The third-order valence-corrected chi connectivity index (χ3v) is 4.07. The molecule has 22 heavy (non-hydrogen) atoms. The summed E-state index contributed by atoms with van der Waals surface area (Å²) in [6.07, 6.45) is 5.68. The first-order valence-corrected chi connectivity index (χ1v) is 7.67. The predicted octanol–water partition coefficient (Wildman–Crippen LogP) is 3.48. The second-order valence-corrected chi connectivity index (χ2v) is 5.69. The molecule has 0 aliphatic heterocycles. The number of aromatic nitrogens is 4. The van der Waals surface area contributed by atoms with E-state index in [9.17, 15) is 0 Å². The van der Waals surface area contributed by atoms with E-state index in [2.05, 4.69) is 41.0 Å². The lowest BCUT2D eigenvalue weighted by molar-refractivity contribution is 0.561. The molecule has 5 heteroatoms. The van der Waals surface area contributed by atoms with Gasteiger partial charge in [-0.3, -0.25) is 0 Å². The van der Waals surface area contributed by atoms with Crippen molar-refractivity contribution in [3.05, 3.63) is 48.4 Å². The number of para-hydroxylation sites is 1. The second kappa shape index (κ2) is 6.13. The Morgan fingerprint density at radius 1 is 1.18 bits per heavy atom. The van der Waals surface area contributed by atoms with Gasteiger partial charge in [-0.2, -0.15) is 9.61 Å². The molecule has 0 saturated carbocycles. The van der Waals surface area contributed by atoms with Crippen molar-refractivity contribution in [2.75, 3.05) is 11.9 Å². The van der Waals surface area contributed by atoms with Crippen LogP contribution in [0.5, 0.6) is 0 Å². The van der Waals surface area contributed by atoms with Crippen LogP contribution in [-0.2, 0) is 6.42 Å². The Morgan fingerprint density at radius 3 is 2.68 bits per heavy atom. The van der Waals surface area contributed by atoms with Gasteiger partial charge in [0.2, 0.25) is 5.95 Å². The Morgan fingerprint density at radius 2 is 1.95 bits per heavy atom. The van der Waals surface area contributed by atoms with E-state index in [1.54, 1.807) is 6.33 Å². The molecule has 3 aromatic rings. The average molecular weight is 295 g/mol. The van der Waals surface area contributed by atoms with Crippen LogP contribution in [0.1, 0.15) is 25.8 Å². The molecule has 0 aliphatic rings. The summed E-state index contributed by atoms with van der Waals surface area (Å²) in [5.41, 5.74) is 3.15. The summed E-state index contributed by atoms with van der Waals surface area (Å²) in [6, 6.07) is 10.1. The third kappa shape index (κ3) is 2.66. The van der Waals surface area contributed by atoms with E-state index in [4.69, 9.17) is 0 Å². The zero-order valence-electron chi connectivity index (χ0n) is 13.3. The number of benzene rings is 1. The lowest BCUT2D eigenvalue weighted by atomic mass is 10.0. The highest BCUT2D eigenvalue weighted by atomic mass is 15.4. The van der Waals surface area contributed by atoms with E-state index in [1.807, 2.05) is 40.9 Å². The van der Waals surface area contributed by atoms with E-state index in [0.717, 1.165) is 30.1 Å². The summed E-state index contributed by atoms with van der Waals surface area (Å²) < 4.78 is 1.82. The minimum atomic E-state index is 0.623. The summed E-state index contributed by atoms with van der Waals surface area (Å²) >= 11 is 0. The van der Waals surface area contributed by atoms with Crippen LogP contribution in [0.2, 0.25) is 0 Å². The topological polar surface area (TPSA) is 46.3 Å². The van der Waals surface area contributed by atoms with Gasteiger partial charge in [-0.05, 0) is 24.5 Å². The molecular weight excluding hydrogens is 274 g/mol. The molecule has 1 unspecified atom stereocenters. The van der Waals surface area contributed by atoms with Crippen LogP contribution in [0.25, 0.3) is 5.65 Å². The van der Waals surface area contributed by atoms with Crippen molar-refractivity contribution in [3.8, 4) is 0 Å². The number of nitrogens with zero attached hydrogens (tertiary/aromatic N) is 5. The van der Waals surface area contributed by atoms with Gasteiger partial charge in [0, 0.05) is 18.3 Å². The highest BCUT2D eigenvalue weighted by molar-refractivity contribution is 5.59. The molecule has 114 valence electrons. The maximum absolute atomic E-state index is 4.50. The largest absolute Gasteiger partial charge is 0.313 e. The smallest absolute Gasteiger partial charge is 0.234 e. The summed E-state index contributed by atoms with van der Waals surface area (Å²) in [5, 5.41) is 4.50. The molecule has 0 spiro atoms. The van der Waals surface area contributed by atoms with Crippen LogP contribution in [0.4, 0.5) is 11.6 Å². The van der Waals surface area contributed by atoms with Gasteiger partial charge in [0.15, 0.2) is 5.65 Å². The van der Waals surface area contributed by atoms with Crippen molar-refractivity contribution >= 4 is 17.3 Å². The van der Waals surface area contributed by atoms with Crippen molar-refractivity contribution in [1.29, 1.82) is 0 Å². The molecule has 2 heterocycles. The van der Waals surface area contributed by atoms with E-state index in [0.29, 0.717) is 5.92 Å². The van der Waals surface area contributed by atoms with Gasteiger partial charge in [0.1, 0.15) is 6.33 Å². The molecular formula is C17H21N5. The fourth-order valence-corrected chi connectivity index (χ4v) is 2.51. The summed E-state index contributed by atoms with van der Waals surface area (Å²) in [5.74, 6) is 1.39. The summed E-state index contributed by atoms with van der Waals surface area (Å²) in [6.45, 7) is 4.46. The van der Waals surface area contributed by atoms with Crippen molar-refractivity contribution in [1.82, 2.24) is 19.6 Å². The van der Waals surface area contributed by atoms with Gasteiger partial charge in [0.05, 0.1) is 6.20 Å². The highest BCUT2D eigenvalue weighted by Gasteiger charge is 2.15. The van der Waals surface area contributed by atoms with Gasteiger partial charge in [0.25, 0.3) is 0 Å². The van der Waals surface area contributed by atoms with Gasteiger partial charge in [-0.15, -0.1) is 0 Å². The number of anilines is 2. The molecule has 0 radical (unpaired) electrons. The monoisotopic (exact) mass is 295 g/mol. The van der Waals surface area contributed by atoms with Crippen LogP contribution in [0, 0.1) is 5.92 Å². The first-order valence-electron chi connectivity index (χ1n) is 7.67. The van der Waals surface area contributed by atoms with Crippen LogP contribution in [0.3, 0.4) is 0 Å². The Kier molecular flexibility index (Phi) is 4.04. The van der Waals surface area contributed by atoms with Crippen molar-refractivity contribution < 1.29 is 0 Å². The quantitative estimate of drug-likeness (QED) is 0.723. The minimum absolute atomic E-state index is 0.623. The maximum Gasteiger partial charge on any atom is 0.234 e. The van der Waals surface area contributed by atoms with Crippen molar-refractivity contribution in [2.45, 2.75) is 26.7 Å². The molecule has 5 nitrogen and oxygen atoms in total. The van der Waals surface area contributed by atoms with Crippen LogP contribution in [-0.4, -0.2) is 26.6 Å². The number of fused-ring (bicyclic) bond motifs is 1. The van der Waals surface area contributed by atoms with Gasteiger partial charge in [-0.25, -0.2) is 9.97 Å². The van der Waals surface area contributed by atoms with E-state index >= 15 is 0 Å². The lowest BCUT2D eigenvalue weighted by Crippen LogP contribution is -2.16. The minimum Gasteiger partial charge on any atom is -0.313 e. The first kappa shape index (κ1) is 14.5. The Balaban J connectivity index is 2.01. The molecule has 0 aliphatic carbocycles. The summed E-state index contributed by atoms with van der Waals surface area (Å²) in [4.78, 5) is 10.9. The number of hydrogen-bond acceptors (Lipinski definition) is 4. The third-order valence-electron chi connectivity index (χ3n) is 4.07. The molecule has 3 rings (SSSR count). The first-order chi connectivity index (χ1) is 10.7. The highest BCUT2D eigenvalue weighted by Crippen LogP contribution is 2.23. The van der Waals surface area contributed by atoms with Gasteiger partial charge < -0.3 is 4.90 Å². The normalized spacial score (nSPS) is 12.5. The molecule has 0 bridgehead atoms. The summed E-state index contributed by atoms with van der Waals surface area (Å²) in [7, 11) is 1.99. The molecule has 0 fully saturated rings. The zero-order chi connectivity index (χ0) is 15.5. The second-order valence-electron chi connectivity index (χ2n) is 5.69.